The van der Waals surface area contributed by atoms with E-state index in [9.17, 15) is 14.9 Å². The van der Waals surface area contributed by atoms with E-state index in [1.54, 1.807) is 20.8 Å². The summed E-state index contributed by atoms with van der Waals surface area (Å²) in [6.45, 7) is 6.07. The molecular weight excluding hydrogens is 332 g/mol. The Kier molecular flexibility index (Phi) is 5.49. The number of nitro groups is 1. The molecule has 0 unspecified atom stereocenters. The second kappa shape index (κ2) is 6.69. The summed E-state index contributed by atoms with van der Waals surface area (Å²) in [6, 6.07) is 0. The van der Waals surface area contributed by atoms with Gasteiger partial charge in [-0.1, -0.05) is 4.98 Å². The minimum absolute atomic E-state index is 0.228. The number of hydrogen-bond acceptors (Lipinski definition) is 5. The predicted octanol–water partition coefficient (Wildman–Crippen LogP) is 2.47. The van der Waals surface area contributed by atoms with Gasteiger partial charge < -0.3 is 20.2 Å². The van der Waals surface area contributed by atoms with Crippen molar-refractivity contribution in [2.24, 2.45) is 0 Å². The van der Waals surface area contributed by atoms with Crippen LogP contribution in [0.1, 0.15) is 27.2 Å². The first-order valence-corrected chi connectivity index (χ1v) is 6.82. The largest absolute Gasteiger partial charge is 0.444 e. The smallest absolute Gasteiger partial charge is 0.435 e. The number of alkyl carbamates (subject to hydrolysis) is 1. The van der Waals surface area contributed by atoms with Crippen molar-refractivity contribution >= 4 is 28.0 Å². The molecule has 0 spiro atoms. The third-order valence-corrected chi connectivity index (χ3v) is 2.52. The van der Waals surface area contributed by atoms with Crippen molar-refractivity contribution in [2.45, 2.75) is 39.3 Å². The van der Waals surface area contributed by atoms with Crippen LogP contribution in [0.2, 0.25) is 0 Å². The topological polar surface area (TPSA) is 99.3 Å². The zero-order chi connectivity index (χ0) is 15.3. The molecule has 8 nitrogen and oxygen atoms in total. The summed E-state index contributed by atoms with van der Waals surface area (Å²) in [6.07, 6.45) is 1.56. The number of aryl methyl sites for hydroxylation is 1. The molecule has 1 heterocycles. The first-order valence-electron chi connectivity index (χ1n) is 6.03. The maximum absolute atomic E-state index is 11.4. The lowest BCUT2D eigenvalue weighted by molar-refractivity contribution is -0.396. The van der Waals surface area contributed by atoms with Crippen LogP contribution < -0.4 is 5.32 Å². The van der Waals surface area contributed by atoms with E-state index in [1.165, 1.54) is 10.8 Å². The molecule has 0 aliphatic carbocycles. The Bertz CT molecular complexity index is 495. The Balaban J connectivity index is 2.38. The molecule has 0 aromatic carbocycles. The van der Waals surface area contributed by atoms with Crippen molar-refractivity contribution in [3.8, 4) is 0 Å². The fourth-order valence-corrected chi connectivity index (χ4v) is 1.84. The van der Waals surface area contributed by atoms with E-state index < -0.39 is 16.6 Å². The number of nitrogens with zero attached hydrogens (tertiary/aromatic N) is 3. The minimum atomic E-state index is -0.550. The van der Waals surface area contributed by atoms with E-state index in [4.69, 9.17) is 4.74 Å². The number of halogens is 1. The molecule has 20 heavy (non-hydrogen) atoms. The highest BCUT2D eigenvalue weighted by atomic mass is 79.9. The molecule has 1 rings (SSSR count). The lowest BCUT2D eigenvalue weighted by Crippen LogP contribution is -2.33. The van der Waals surface area contributed by atoms with Crippen molar-refractivity contribution in [3.63, 3.8) is 0 Å². The number of hydrogen-bond donors (Lipinski definition) is 1. The van der Waals surface area contributed by atoms with Crippen LogP contribution >= 0.6 is 15.9 Å². The van der Waals surface area contributed by atoms with E-state index in [0.717, 1.165) is 0 Å². The van der Waals surface area contributed by atoms with Crippen molar-refractivity contribution in [1.82, 2.24) is 14.9 Å². The van der Waals surface area contributed by atoms with Crippen LogP contribution in [0, 0.1) is 10.1 Å². The van der Waals surface area contributed by atoms with Crippen molar-refractivity contribution in [2.75, 3.05) is 6.54 Å². The van der Waals surface area contributed by atoms with Crippen molar-refractivity contribution < 1.29 is 14.5 Å². The molecule has 0 aliphatic heterocycles. The van der Waals surface area contributed by atoms with Crippen LogP contribution in [0.25, 0.3) is 0 Å². The monoisotopic (exact) mass is 348 g/mol. The van der Waals surface area contributed by atoms with Gasteiger partial charge in [0.15, 0.2) is 0 Å². The van der Waals surface area contributed by atoms with Gasteiger partial charge in [0.1, 0.15) is 11.8 Å². The molecule has 0 saturated carbocycles. The zero-order valence-corrected chi connectivity index (χ0v) is 13.1. The van der Waals surface area contributed by atoms with Gasteiger partial charge in [-0.15, -0.1) is 0 Å². The van der Waals surface area contributed by atoms with Crippen LogP contribution in [0.5, 0.6) is 0 Å². The number of rotatable bonds is 5. The molecule has 0 radical (unpaired) electrons. The van der Waals surface area contributed by atoms with Gasteiger partial charge in [-0.05, 0) is 48.0 Å². The summed E-state index contributed by atoms with van der Waals surface area (Å²) in [7, 11) is 0. The quantitative estimate of drug-likeness (QED) is 0.500. The minimum Gasteiger partial charge on any atom is -0.444 e. The van der Waals surface area contributed by atoms with E-state index >= 15 is 0 Å². The Morgan fingerprint density at radius 2 is 2.25 bits per heavy atom. The standard InChI is InChI=1S/C11H17BrN4O4/c1-11(2,3)20-10(17)13-5-4-6-15-7-8(12)14-9(15)16(18)19/h7H,4-6H2,1-3H3,(H,13,17). The van der Waals surface area contributed by atoms with E-state index in [0.29, 0.717) is 24.1 Å². The number of nitrogens with one attached hydrogen (secondary N) is 1. The van der Waals surface area contributed by atoms with Gasteiger partial charge >= 0.3 is 12.0 Å². The fraction of sp³-hybridized carbons (Fsp3) is 0.636. The SMILES string of the molecule is CC(C)(C)OC(=O)NCCCn1cc(Br)nc1[N+](=O)[O-]. The van der Waals surface area contributed by atoms with Crippen LogP contribution in [0.4, 0.5) is 10.7 Å². The highest BCUT2D eigenvalue weighted by Gasteiger charge is 2.18. The van der Waals surface area contributed by atoms with Gasteiger partial charge in [0.25, 0.3) is 0 Å². The van der Waals surface area contributed by atoms with Crippen LogP contribution in [0.3, 0.4) is 0 Å². The van der Waals surface area contributed by atoms with Crippen LogP contribution in [0.15, 0.2) is 10.8 Å². The lowest BCUT2D eigenvalue weighted by atomic mass is 10.2. The number of imidazole rings is 1. The Morgan fingerprint density at radius 1 is 1.60 bits per heavy atom. The molecule has 112 valence electrons. The van der Waals surface area contributed by atoms with Crippen molar-refractivity contribution in [1.29, 1.82) is 0 Å². The number of amides is 1. The maximum Gasteiger partial charge on any atom is 0.435 e. The Labute approximate surface area is 124 Å². The Morgan fingerprint density at radius 3 is 2.80 bits per heavy atom. The molecule has 0 bridgehead atoms. The lowest BCUT2D eigenvalue weighted by Gasteiger charge is -2.19. The Hall–Kier alpha value is -1.64. The summed E-state index contributed by atoms with van der Waals surface area (Å²) >= 11 is 3.09. The summed E-state index contributed by atoms with van der Waals surface area (Å²) in [5.41, 5.74) is -0.544. The fourth-order valence-electron chi connectivity index (χ4n) is 1.44. The number of carbonyl (C=O) groups excluding carboxylic acids is 1. The summed E-state index contributed by atoms with van der Waals surface area (Å²) in [4.78, 5) is 25.3. The highest BCUT2D eigenvalue weighted by Crippen LogP contribution is 2.16. The van der Waals surface area contributed by atoms with E-state index in [2.05, 4.69) is 26.2 Å². The predicted molar refractivity (Wildman–Crippen MR) is 75.4 cm³/mol. The average molecular weight is 349 g/mol. The van der Waals surface area contributed by atoms with Gasteiger partial charge in [0.05, 0.1) is 6.54 Å². The molecule has 0 atom stereocenters. The molecule has 1 N–H and O–H groups in total. The summed E-state index contributed by atoms with van der Waals surface area (Å²) < 4.78 is 6.90. The molecule has 0 aliphatic rings. The highest BCUT2D eigenvalue weighted by molar-refractivity contribution is 9.10. The first-order chi connectivity index (χ1) is 9.19. The number of aromatic nitrogens is 2. The molecule has 1 amide bonds. The molecule has 1 aromatic heterocycles. The molecule has 0 saturated heterocycles. The van der Waals surface area contributed by atoms with Crippen LogP contribution in [-0.4, -0.2) is 32.7 Å². The summed E-state index contributed by atoms with van der Waals surface area (Å²) in [5.74, 6) is -0.228. The van der Waals surface area contributed by atoms with Gasteiger partial charge in [-0.2, -0.15) is 0 Å². The molecule has 1 aromatic rings. The van der Waals surface area contributed by atoms with Gasteiger partial charge in [0.2, 0.25) is 4.60 Å². The number of carbonyl (C=O) groups is 1. The van der Waals surface area contributed by atoms with Gasteiger partial charge in [-0.25, -0.2) is 9.36 Å². The third kappa shape index (κ3) is 5.55. The van der Waals surface area contributed by atoms with Gasteiger partial charge in [-0.3, -0.25) is 0 Å². The second-order valence-corrected chi connectivity index (χ2v) is 5.91. The third-order valence-electron chi connectivity index (χ3n) is 2.13. The van der Waals surface area contributed by atoms with Gasteiger partial charge in [0, 0.05) is 6.54 Å². The second-order valence-electron chi connectivity index (χ2n) is 5.10. The van der Waals surface area contributed by atoms with Crippen molar-refractivity contribution in [3.05, 3.63) is 20.9 Å². The average Bonchev–Trinajstić information content (AvgIpc) is 2.63. The zero-order valence-electron chi connectivity index (χ0n) is 11.6. The molecular formula is C11H17BrN4O4. The molecule has 9 heteroatoms. The van der Waals surface area contributed by atoms with E-state index in [1.807, 2.05) is 0 Å². The maximum atomic E-state index is 11.4. The van der Waals surface area contributed by atoms with E-state index in [-0.39, 0.29) is 5.95 Å². The first kappa shape index (κ1) is 16.4. The van der Waals surface area contributed by atoms with Crippen LogP contribution in [-0.2, 0) is 11.3 Å². The summed E-state index contributed by atoms with van der Waals surface area (Å²) in [5, 5.41) is 13.3. The number of ether oxygens (including phenoxy) is 1. The molecule has 0 fully saturated rings. The normalized spacial score (nSPS) is 11.2.